The number of hydrogen-bond acceptors (Lipinski definition) is 4. The monoisotopic (exact) mass is 350 g/mol. The van der Waals surface area contributed by atoms with Gasteiger partial charge in [0.1, 0.15) is 0 Å². The maximum absolute atomic E-state index is 5.57. The van der Waals surface area contributed by atoms with E-state index in [9.17, 15) is 0 Å². The Bertz CT molecular complexity index is 518. The van der Waals surface area contributed by atoms with Crippen LogP contribution in [0.25, 0.3) is 0 Å². The van der Waals surface area contributed by atoms with Crippen molar-refractivity contribution < 1.29 is 4.74 Å². The number of aliphatic imine (C=N–C) groups is 1. The predicted octanol–water partition coefficient (Wildman–Crippen LogP) is 3.21. The standard InChI is InChI=1S/C18H30N4OS/c1-5-19-18(22-15-7-8-16(10-15)24-4)21-12-14-6-9-17(20-11-14)23-13(2)3/h6,9,11,13,15-16H,5,7-8,10,12H2,1-4H3,(H2,19,21,22). The first-order chi connectivity index (χ1) is 11.6. The van der Waals surface area contributed by atoms with E-state index in [2.05, 4.69) is 28.8 Å². The fraction of sp³-hybridized carbons (Fsp3) is 0.667. The molecule has 1 aromatic heterocycles. The molecule has 6 heteroatoms. The van der Waals surface area contributed by atoms with Crippen LogP contribution in [0.5, 0.6) is 5.88 Å². The lowest BCUT2D eigenvalue weighted by Crippen LogP contribution is -2.42. The summed E-state index contributed by atoms with van der Waals surface area (Å²) in [5.41, 5.74) is 1.08. The van der Waals surface area contributed by atoms with E-state index in [1.165, 1.54) is 19.3 Å². The van der Waals surface area contributed by atoms with E-state index < -0.39 is 0 Å². The summed E-state index contributed by atoms with van der Waals surface area (Å²) in [4.78, 5) is 9.03. The molecule has 1 aromatic rings. The van der Waals surface area contributed by atoms with Crippen LogP contribution in [-0.2, 0) is 6.54 Å². The van der Waals surface area contributed by atoms with Gasteiger partial charge in [-0.25, -0.2) is 9.98 Å². The molecule has 0 radical (unpaired) electrons. The molecular weight excluding hydrogens is 320 g/mol. The van der Waals surface area contributed by atoms with Crippen molar-refractivity contribution in [2.24, 2.45) is 4.99 Å². The van der Waals surface area contributed by atoms with Crippen molar-refractivity contribution in [3.63, 3.8) is 0 Å². The maximum Gasteiger partial charge on any atom is 0.213 e. The summed E-state index contributed by atoms with van der Waals surface area (Å²) < 4.78 is 5.57. The van der Waals surface area contributed by atoms with Crippen LogP contribution in [-0.4, -0.2) is 41.1 Å². The Morgan fingerprint density at radius 3 is 2.83 bits per heavy atom. The molecule has 1 aliphatic rings. The van der Waals surface area contributed by atoms with Crippen molar-refractivity contribution >= 4 is 17.7 Å². The lowest BCUT2D eigenvalue weighted by Gasteiger charge is -2.17. The Balaban J connectivity index is 1.90. The molecule has 1 fully saturated rings. The Morgan fingerprint density at radius 2 is 2.25 bits per heavy atom. The van der Waals surface area contributed by atoms with E-state index in [0.29, 0.717) is 18.5 Å². The zero-order valence-electron chi connectivity index (χ0n) is 15.2. The summed E-state index contributed by atoms with van der Waals surface area (Å²) in [5, 5.41) is 7.69. The highest BCUT2D eigenvalue weighted by Gasteiger charge is 2.24. The molecule has 2 atom stereocenters. The number of thioether (sulfide) groups is 1. The van der Waals surface area contributed by atoms with E-state index in [-0.39, 0.29) is 6.10 Å². The van der Waals surface area contributed by atoms with E-state index >= 15 is 0 Å². The van der Waals surface area contributed by atoms with Gasteiger partial charge in [0.25, 0.3) is 0 Å². The van der Waals surface area contributed by atoms with Crippen LogP contribution in [0.1, 0.15) is 45.6 Å². The number of guanidine groups is 1. The molecule has 2 unspecified atom stereocenters. The second-order valence-corrected chi connectivity index (χ2v) is 7.52. The largest absolute Gasteiger partial charge is 0.475 e. The first-order valence-corrected chi connectivity index (χ1v) is 10.1. The molecule has 0 spiro atoms. The van der Waals surface area contributed by atoms with Crippen LogP contribution in [0.15, 0.2) is 23.3 Å². The van der Waals surface area contributed by atoms with Crippen LogP contribution in [0.4, 0.5) is 0 Å². The van der Waals surface area contributed by atoms with E-state index in [1.807, 2.05) is 43.9 Å². The number of nitrogens with zero attached hydrogens (tertiary/aromatic N) is 2. The average Bonchev–Trinajstić information content (AvgIpc) is 3.01. The summed E-state index contributed by atoms with van der Waals surface area (Å²) in [7, 11) is 0. The second-order valence-electron chi connectivity index (χ2n) is 6.38. The van der Waals surface area contributed by atoms with Crippen molar-refractivity contribution in [2.45, 2.75) is 64.0 Å². The number of ether oxygens (including phenoxy) is 1. The highest BCUT2D eigenvalue weighted by atomic mass is 32.2. The zero-order valence-corrected chi connectivity index (χ0v) is 16.0. The number of hydrogen-bond donors (Lipinski definition) is 2. The first kappa shape index (κ1) is 18.9. The third-order valence-electron chi connectivity index (χ3n) is 3.98. The average molecular weight is 351 g/mol. The van der Waals surface area contributed by atoms with Gasteiger partial charge in [-0.2, -0.15) is 11.8 Å². The van der Waals surface area contributed by atoms with Crippen molar-refractivity contribution in [3.05, 3.63) is 23.9 Å². The fourth-order valence-corrected chi connectivity index (χ4v) is 3.58. The van der Waals surface area contributed by atoms with Gasteiger partial charge in [-0.15, -0.1) is 0 Å². The minimum absolute atomic E-state index is 0.141. The van der Waals surface area contributed by atoms with Gasteiger partial charge in [0.15, 0.2) is 5.96 Å². The molecule has 2 N–H and O–H groups in total. The van der Waals surface area contributed by atoms with Crippen LogP contribution >= 0.6 is 11.8 Å². The summed E-state index contributed by atoms with van der Waals surface area (Å²) in [5.74, 6) is 1.56. The highest BCUT2D eigenvalue weighted by Crippen LogP contribution is 2.28. The third-order valence-corrected chi connectivity index (χ3v) is 5.07. The Kier molecular flexibility index (Phi) is 7.69. The van der Waals surface area contributed by atoms with Crippen LogP contribution in [0, 0.1) is 0 Å². The number of nitrogens with one attached hydrogen (secondary N) is 2. The lowest BCUT2D eigenvalue weighted by molar-refractivity contribution is 0.232. The summed E-state index contributed by atoms with van der Waals surface area (Å²) in [6, 6.07) is 4.46. The predicted molar refractivity (Wildman–Crippen MR) is 103 cm³/mol. The molecule has 2 rings (SSSR count). The van der Waals surface area contributed by atoms with Crippen molar-refractivity contribution in [1.82, 2.24) is 15.6 Å². The molecule has 1 saturated carbocycles. The molecular formula is C18H30N4OS. The van der Waals surface area contributed by atoms with Gasteiger partial charge in [0, 0.05) is 30.1 Å². The van der Waals surface area contributed by atoms with Gasteiger partial charge in [-0.1, -0.05) is 6.07 Å². The van der Waals surface area contributed by atoms with E-state index in [4.69, 9.17) is 9.73 Å². The molecule has 0 bridgehead atoms. The van der Waals surface area contributed by atoms with Gasteiger partial charge in [0.05, 0.1) is 12.6 Å². The van der Waals surface area contributed by atoms with Gasteiger partial charge >= 0.3 is 0 Å². The van der Waals surface area contributed by atoms with E-state index in [0.717, 1.165) is 23.3 Å². The minimum atomic E-state index is 0.141. The molecule has 5 nitrogen and oxygen atoms in total. The van der Waals surface area contributed by atoms with Gasteiger partial charge in [-0.3, -0.25) is 0 Å². The fourth-order valence-electron chi connectivity index (χ4n) is 2.78. The minimum Gasteiger partial charge on any atom is -0.475 e. The van der Waals surface area contributed by atoms with Crippen LogP contribution in [0.3, 0.4) is 0 Å². The number of pyridine rings is 1. The molecule has 0 aliphatic heterocycles. The van der Waals surface area contributed by atoms with Crippen molar-refractivity contribution in [3.8, 4) is 5.88 Å². The highest BCUT2D eigenvalue weighted by molar-refractivity contribution is 7.99. The molecule has 0 amide bonds. The van der Waals surface area contributed by atoms with Crippen molar-refractivity contribution in [2.75, 3.05) is 12.8 Å². The molecule has 1 aliphatic carbocycles. The smallest absolute Gasteiger partial charge is 0.213 e. The molecule has 134 valence electrons. The number of rotatable bonds is 7. The third kappa shape index (κ3) is 6.23. The molecule has 24 heavy (non-hydrogen) atoms. The SMILES string of the molecule is CCNC(=NCc1ccc(OC(C)C)nc1)NC1CCC(SC)C1. The van der Waals surface area contributed by atoms with Gasteiger partial charge in [-0.05, 0) is 51.9 Å². The lowest BCUT2D eigenvalue weighted by atomic mass is 10.2. The number of aromatic nitrogens is 1. The van der Waals surface area contributed by atoms with Gasteiger partial charge in [0.2, 0.25) is 5.88 Å². The van der Waals surface area contributed by atoms with Crippen LogP contribution in [0.2, 0.25) is 0 Å². The Hall–Kier alpha value is -1.43. The van der Waals surface area contributed by atoms with Crippen LogP contribution < -0.4 is 15.4 Å². The Morgan fingerprint density at radius 1 is 1.42 bits per heavy atom. The molecule has 1 heterocycles. The quantitative estimate of drug-likeness (QED) is 0.584. The normalized spacial score (nSPS) is 21.1. The topological polar surface area (TPSA) is 58.5 Å². The summed E-state index contributed by atoms with van der Waals surface area (Å²) in [6.07, 6.45) is 7.91. The summed E-state index contributed by atoms with van der Waals surface area (Å²) >= 11 is 1.97. The van der Waals surface area contributed by atoms with Crippen molar-refractivity contribution in [1.29, 1.82) is 0 Å². The van der Waals surface area contributed by atoms with Gasteiger partial charge < -0.3 is 15.4 Å². The summed E-state index contributed by atoms with van der Waals surface area (Å²) in [6.45, 7) is 7.57. The molecule has 0 aromatic carbocycles. The maximum atomic E-state index is 5.57. The molecule has 0 saturated heterocycles. The van der Waals surface area contributed by atoms with E-state index in [1.54, 1.807) is 0 Å². The zero-order chi connectivity index (χ0) is 17.4. The second kappa shape index (κ2) is 9.77. The first-order valence-electron chi connectivity index (χ1n) is 8.80. The Labute approximate surface area is 150 Å².